The van der Waals surface area contributed by atoms with Crippen molar-refractivity contribution >= 4 is 23.6 Å². The van der Waals surface area contributed by atoms with Crippen LogP contribution in [0, 0.1) is 0 Å². The first kappa shape index (κ1) is 17.0. The van der Waals surface area contributed by atoms with E-state index in [9.17, 15) is 23.1 Å². The van der Waals surface area contributed by atoms with E-state index >= 15 is 0 Å². The number of carbonyl (C=O) groups is 1. The molecule has 0 amide bonds. The second-order valence-electron chi connectivity index (χ2n) is 4.45. The lowest BCUT2D eigenvalue weighted by Crippen LogP contribution is -2.04. The minimum Gasteiger partial charge on any atom is -0.507 e. The van der Waals surface area contributed by atoms with Crippen LogP contribution in [0.15, 0.2) is 47.4 Å². The van der Waals surface area contributed by atoms with Crippen molar-refractivity contribution in [2.75, 3.05) is 11.8 Å². The molecule has 0 aliphatic carbocycles. The summed E-state index contributed by atoms with van der Waals surface area (Å²) >= 11 is 1.08. The van der Waals surface area contributed by atoms with E-state index in [2.05, 4.69) is 9.46 Å². The topological polar surface area (TPSA) is 58.6 Å². The Bertz CT molecular complexity index is 702. The molecule has 0 bridgehead atoms. The van der Waals surface area contributed by atoms with Gasteiger partial charge in [-0.2, -0.15) is 13.2 Å². The third kappa shape index (κ3) is 4.32. The molecule has 0 aromatic heterocycles. The highest BCUT2D eigenvalue weighted by atomic mass is 32.2. The number of esters is 1. The molecule has 23 heavy (non-hydrogen) atoms. The summed E-state index contributed by atoms with van der Waals surface area (Å²) in [4.78, 5) is 11.9. The summed E-state index contributed by atoms with van der Waals surface area (Å²) in [5.41, 5.74) is -0.209. The van der Waals surface area contributed by atoms with Crippen molar-refractivity contribution in [2.45, 2.75) is 11.1 Å². The second-order valence-corrected chi connectivity index (χ2v) is 5.33. The van der Waals surface area contributed by atoms with Crippen LogP contribution in [0.4, 0.5) is 18.9 Å². The van der Waals surface area contributed by atoms with Gasteiger partial charge in [0.1, 0.15) is 11.3 Å². The third-order valence-electron chi connectivity index (χ3n) is 2.87. The minimum absolute atomic E-state index is 0.0255. The van der Waals surface area contributed by atoms with Crippen LogP contribution in [0.25, 0.3) is 0 Å². The van der Waals surface area contributed by atoms with Crippen LogP contribution in [-0.4, -0.2) is 18.2 Å². The summed E-state index contributed by atoms with van der Waals surface area (Å²) in [6.07, 6.45) is -4.37. The van der Waals surface area contributed by atoms with E-state index in [0.717, 1.165) is 24.1 Å². The molecule has 2 aromatic carbocycles. The molecule has 0 spiro atoms. The van der Waals surface area contributed by atoms with Gasteiger partial charge < -0.3 is 14.6 Å². The number of hydrogen-bond acceptors (Lipinski definition) is 5. The molecule has 8 heteroatoms. The molecule has 0 saturated carbocycles. The van der Waals surface area contributed by atoms with Gasteiger partial charge in [0.2, 0.25) is 0 Å². The number of rotatable bonds is 4. The Hall–Kier alpha value is -2.35. The fraction of sp³-hybridized carbons (Fsp3) is 0.133. The molecular weight excluding hydrogens is 331 g/mol. The Morgan fingerprint density at radius 3 is 2.35 bits per heavy atom. The van der Waals surface area contributed by atoms with Crippen LogP contribution in [0.2, 0.25) is 0 Å². The molecule has 0 atom stereocenters. The second kappa shape index (κ2) is 6.82. The first-order valence-corrected chi connectivity index (χ1v) is 7.14. The number of halogens is 3. The van der Waals surface area contributed by atoms with Gasteiger partial charge in [0.15, 0.2) is 0 Å². The van der Waals surface area contributed by atoms with Crippen molar-refractivity contribution in [1.82, 2.24) is 0 Å². The number of benzene rings is 2. The molecule has 0 aliphatic heterocycles. The van der Waals surface area contributed by atoms with E-state index in [0.29, 0.717) is 10.6 Å². The van der Waals surface area contributed by atoms with Gasteiger partial charge in [-0.15, -0.1) is 0 Å². The molecule has 0 unspecified atom stereocenters. The lowest BCUT2D eigenvalue weighted by molar-refractivity contribution is -0.137. The third-order valence-corrected chi connectivity index (χ3v) is 3.72. The highest BCUT2D eigenvalue weighted by Gasteiger charge is 2.29. The number of carbonyl (C=O) groups excluding carboxylic acids is 1. The quantitative estimate of drug-likeness (QED) is 0.640. The van der Waals surface area contributed by atoms with Gasteiger partial charge in [-0.05, 0) is 48.3 Å². The number of alkyl halides is 3. The van der Waals surface area contributed by atoms with Crippen molar-refractivity contribution in [3.05, 3.63) is 53.6 Å². The van der Waals surface area contributed by atoms with Crippen LogP contribution in [0.1, 0.15) is 15.9 Å². The summed E-state index contributed by atoms with van der Waals surface area (Å²) in [5.74, 6) is -0.917. The standard InChI is InChI=1S/C15H12F3NO3S/c1-22-14(21)12-7-4-10(8-13(12)20)19-23-11-5-2-9(3-6-11)15(16,17)18/h2-8,19-20H,1H3. The SMILES string of the molecule is COC(=O)c1ccc(NSc2ccc(C(F)(F)F)cc2)cc1O. The number of methoxy groups -OCH3 is 1. The average Bonchev–Trinajstić information content (AvgIpc) is 2.52. The Balaban J connectivity index is 2.04. The van der Waals surface area contributed by atoms with E-state index in [1.807, 2.05) is 0 Å². The summed E-state index contributed by atoms with van der Waals surface area (Å²) in [5, 5.41) is 9.74. The molecule has 2 N–H and O–H groups in total. The zero-order valence-corrected chi connectivity index (χ0v) is 12.7. The van der Waals surface area contributed by atoms with E-state index in [-0.39, 0.29) is 11.3 Å². The first-order chi connectivity index (χ1) is 10.8. The highest BCUT2D eigenvalue weighted by Crippen LogP contribution is 2.31. The zero-order valence-electron chi connectivity index (χ0n) is 11.8. The maximum atomic E-state index is 12.5. The Kier molecular flexibility index (Phi) is 5.05. The normalized spacial score (nSPS) is 11.1. The highest BCUT2D eigenvalue weighted by molar-refractivity contribution is 8.00. The van der Waals surface area contributed by atoms with Crippen LogP contribution >= 0.6 is 11.9 Å². The molecule has 2 rings (SSSR count). The lowest BCUT2D eigenvalue weighted by Gasteiger charge is -2.09. The van der Waals surface area contributed by atoms with Gasteiger partial charge in [0.05, 0.1) is 12.7 Å². The van der Waals surface area contributed by atoms with Gasteiger partial charge in [0.25, 0.3) is 0 Å². The first-order valence-electron chi connectivity index (χ1n) is 6.32. The van der Waals surface area contributed by atoms with E-state index in [4.69, 9.17) is 0 Å². The van der Waals surface area contributed by atoms with Crippen LogP contribution < -0.4 is 4.72 Å². The summed E-state index contributed by atoms with van der Waals surface area (Å²) < 4.78 is 44.8. The molecule has 0 saturated heterocycles. The molecule has 0 aliphatic rings. The van der Waals surface area contributed by atoms with Crippen molar-refractivity contribution in [2.24, 2.45) is 0 Å². The number of phenols is 1. The predicted octanol–water partition coefficient (Wildman–Crippen LogP) is 4.32. The van der Waals surface area contributed by atoms with Gasteiger partial charge in [-0.3, -0.25) is 0 Å². The summed E-state index contributed by atoms with van der Waals surface area (Å²) in [7, 11) is 1.20. The summed E-state index contributed by atoms with van der Waals surface area (Å²) in [6, 6.07) is 8.90. The number of nitrogens with one attached hydrogen (secondary N) is 1. The van der Waals surface area contributed by atoms with Crippen molar-refractivity contribution in [3.8, 4) is 5.75 Å². The molecule has 0 radical (unpaired) electrons. The number of anilines is 1. The zero-order chi connectivity index (χ0) is 17.0. The van der Waals surface area contributed by atoms with Gasteiger partial charge >= 0.3 is 12.1 Å². The lowest BCUT2D eigenvalue weighted by atomic mass is 10.2. The smallest absolute Gasteiger partial charge is 0.416 e. The van der Waals surface area contributed by atoms with Crippen molar-refractivity contribution in [1.29, 1.82) is 0 Å². The summed E-state index contributed by atoms with van der Waals surface area (Å²) in [6.45, 7) is 0. The van der Waals surface area contributed by atoms with Crippen molar-refractivity contribution < 1.29 is 27.8 Å². The maximum Gasteiger partial charge on any atom is 0.416 e. The Morgan fingerprint density at radius 1 is 1.17 bits per heavy atom. The van der Waals surface area contributed by atoms with Gasteiger partial charge in [0, 0.05) is 16.6 Å². The molecular formula is C15H12F3NO3S. The van der Waals surface area contributed by atoms with Gasteiger partial charge in [-0.1, -0.05) is 0 Å². The van der Waals surface area contributed by atoms with Gasteiger partial charge in [-0.25, -0.2) is 4.79 Å². The van der Waals surface area contributed by atoms with E-state index in [1.165, 1.54) is 31.4 Å². The Morgan fingerprint density at radius 2 is 1.83 bits per heavy atom. The molecule has 2 aromatic rings. The Labute approximate surface area is 134 Å². The number of ether oxygens (including phenoxy) is 1. The molecule has 0 heterocycles. The fourth-order valence-electron chi connectivity index (χ4n) is 1.71. The van der Waals surface area contributed by atoms with Crippen LogP contribution in [0.3, 0.4) is 0 Å². The van der Waals surface area contributed by atoms with Crippen molar-refractivity contribution in [3.63, 3.8) is 0 Å². The average molecular weight is 343 g/mol. The minimum atomic E-state index is -4.37. The van der Waals surface area contributed by atoms with E-state index in [1.54, 1.807) is 6.07 Å². The van der Waals surface area contributed by atoms with Crippen LogP contribution in [0.5, 0.6) is 5.75 Å². The molecule has 122 valence electrons. The van der Waals surface area contributed by atoms with Crippen LogP contribution in [-0.2, 0) is 10.9 Å². The number of aromatic hydroxyl groups is 1. The largest absolute Gasteiger partial charge is 0.507 e. The fourth-order valence-corrected chi connectivity index (χ4v) is 2.34. The number of phenolic OH excluding ortho intramolecular Hbond substituents is 1. The maximum absolute atomic E-state index is 12.5. The molecule has 4 nitrogen and oxygen atoms in total. The number of hydrogen-bond donors (Lipinski definition) is 2. The van der Waals surface area contributed by atoms with E-state index < -0.39 is 17.7 Å². The monoisotopic (exact) mass is 343 g/mol. The predicted molar refractivity (Wildman–Crippen MR) is 80.4 cm³/mol. The molecule has 0 fully saturated rings.